The summed E-state index contributed by atoms with van der Waals surface area (Å²) in [4.78, 5) is 34.6. The number of urea groups is 2. The Morgan fingerprint density at radius 1 is 1.23 bits per heavy atom. The van der Waals surface area contributed by atoms with Crippen molar-refractivity contribution in [1.82, 2.24) is 14.7 Å². The van der Waals surface area contributed by atoms with Gasteiger partial charge in [-0.05, 0) is 18.3 Å². The van der Waals surface area contributed by atoms with Gasteiger partial charge in [-0.15, -0.1) is 0 Å². The van der Waals surface area contributed by atoms with E-state index in [1.54, 1.807) is 11.9 Å². The van der Waals surface area contributed by atoms with E-state index in [2.05, 4.69) is 11.6 Å². The maximum absolute atomic E-state index is 13.0. The quantitative estimate of drug-likeness (QED) is 0.835. The van der Waals surface area contributed by atoms with E-state index in [-0.39, 0.29) is 24.6 Å². The molecule has 2 N–H and O–H groups in total. The Morgan fingerprint density at radius 3 is 2.46 bits per heavy atom. The minimum atomic E-state index is -0.384. The number of amidine groups is 1. The normalized spacial score (nSPS) is 26.6. The van der Waals surface area contributed by atoms with Gasteiger partial charge in [0.05, 0.1) is 0 Å². The molecule has 1 unspecified atom stereocenters. The van der Waals surface area contributed by atoms with Crippen LogP contribution < -0.4 is 5.73 Å². The van der Waals surface area contributed by atoms with Crippen LogP contribution in [-0.2, 0) is 0 Å². The molecule has 3 rings (SSSR count). The zero-order chi connectivity index (χ0) is 18.8. The molecular formula is C19H31N5O2. The fourth-order valence-corrected chi connectivity index (χ4v) is 4.23. The molecule has 1 aliphatic carbocycles. The van der Waals surface area contributed by atoms with Crippen molar-refractivity contribution < 1.29 is 9.59 Å². The molecule has 0 radical (unpaired) electrons. The smallest absolute Gasteiger partial charge is 0.328 e. The van der Waals surface area contributed by atoms with E-state index in [1.165, 1.54) is 41.9 Å². The number of aliphatic imine (C=N–C) groups is 1. The minimum Gasteiger partial charge on any atom is -0.328 e. The SMILES string of the molecule is C=C(CC)/N=C1\C(CN)N(C)C(=O)N1C(=O)N1CC(C2CCCCC2)C1. The second kappa shape index (κ2) is 7.78. The van der Waals surface area contributed by atoms with E-state index < -0.39 is 0 Å². The number of rotatable bonds is 4. The summed E-state index contributed by atoms with van der Waals surface area (Å²) in [6, 6.07) is -1.01. The molecule has 7 nitrogen and oxygen atoms in total. The van der Waals surface area contributed by atoms with Crippen molar-refractivity contribution in [3.05, 3.63) is 12.3 Å². The van der Waals surface area contributed by atoms with Crippen molar-refractivity contribution in [2.45, 2.75) is 51.5 Å². The van der Waals surface area contributed by atoms with Crippen LogP contribution in [0.5, 0.6) is 0 Å². The molecule has 0 aromatic heterocycles. The third-order valence-electron chi connectivity index (χ3n) is 6.08. The monoisotopic (exact) mass is 361 g/mol. The average molecular weight is 361 g/mol. The van der Waals surface area contributed by atoms with Gasteiger partial charge in [-0.3, -0.25) is 0 Å². The summed E-state index contributed by atoms with van der Waals surface area (Å²) < 4.78 is 0. The van der Waals surface area contributed by atoms with E-state index in [1.807, 2.05) is 6.92 Å². The van der Waals surface area contributed by atoms with Crippen molar-refractivity contribution in [3.8, 4) is 0 Å². The van der Waals surface area contributed by atoms with Crippen LogP contribution in [0.4, 0.5) is 9.59 Å². The van der Waals surface area contributed by atoms with Crippen molar-refractivity contribution in [2.75, 3.05) is 26.7 Å². The first-order valence-corrected chi connectivity index (χ1v) is 9.80. The summed E-state index contributed by atoms with van der Waals surface area (Å²) in [5, 5.41) is 0. The molecule has 3 aliphatic rings. The van der Waals surface area contributed by atoms with Crippen LogP contribution in [0.2, 0.25) is 0 Å². The highest BCUT2D eigenvalue weighted by atomic mass is 16.2. The number of carbonyl (C=O) groups excluding carboxylic acids is 2. The van der Waals surface area contributed by atoms with Crippen LogP contribution in [0.25, 0.3) is 0 Å². The highest BCUT2D eigenvalue weighted by molar-refractivity contribution is 6.18. The number of carbonyl (C=O) groups is 2. The van der Waals surface area contributed by atoms with Crippen LogP contribution in [0.15, 0.2) is 17.3 Å². The number of likely N-dealkylation sites (tertiary alicyclic amines) is 1. The Hall–Kier alpha value is -1.89. The summed E-state index contributed by atoms with van der Waals surface area (Å²) in [5.74, 6) is 1.72. The number of nitrogens with zero attached hydrogens (tertiary/aromatic N) is 4. The molecule has 0 spiro atoms. The predicted octanol–water partition coefficient (Wildman–Crippen LogP) is 2.64. The fraction of sp³-hybridized carbons (Fsp3) is 0.737. The van der Waals surface area contributed by atoms with Crippen LogP contribution in [-0.4, -0.2) is 65.3 Å². The molecule has 0 aromatic carbocycles. The molecule has 2 saturated heterocycles. The highest BCUT2D eigenvalue weighted by Gasteiger charge is 2.48. The number of nitrogens with two attached hydrogens (primary N) is 1. The topological polar surface area (TPSA) is 82.2 Å². The van der Waals surface area contributed by atoms with Gasteiger partial charge in [0, 0.05) is 32.4 Å². The average Bonchev–Trinajstić information content (AvgIpc) is 2.84. The van der Waals surface area contributed by atoms with Crippen molar-refractivity contribution in [1.29, 1.82) is 0 Å². The zero-order valence-corrected chi connectivity index (χ0v) is 16.0. The summed E-state index contributed by atoms with van der Waals surface area (Å²) in [6.45, 7) is 7.55. The van der Waals surface area contributed by atoms with Gasteiger partial charge in [0.25, 0.3) is 0 Å². The number of hydrogen-bond donors (Lipinski definition) is 1. The van der Waals surface area contributed by atoms with E-state index in [0.717, 1.165) is 19.0 Å². The first-order valence-electron chi connectivity index (χ1n) is 9.80. The highest BCUT2D eigenvalue weighted by Crippen LogP contribution is 2.36. The molecule has 1 saturated carbocycles. The Kier molecular flexibility index (Phi) is 5.65. The molecule has 7 heteroatoms. The maximum atomic E-state index is 13.0. The van der Waals surface area contributed by atoms with Crippen LogP contribution in [0.3, 0.4) is 0 Å². The first kappa shape index (κ1) is 18.9. The van der Waals surface area contributed by atoms with Crippen LogP contribution in [0.1, 0.15) is 45.4 Å². The van der Waals surface area contributed by atoms with Crippen LogP contribution in [0, 0.1) is 11.8 Å². The van der Waals surface area contributed by atoms with Crippen molar-refractivity contribution in [3.63, 3.8) is 0 Å². The van der Waals surface area contributed by atoms with E-state index in [4.69, 9.17) is 5.73 Å². The third-order valence-corrected chi connectivity index (χ3v) is 6.08. The van der Waals surface area contributed by atoms with Gasteiger partial charge < -0.3 is 15.5 Å². The van der Waals surface area contributed by atoms with Gasteiger partial charge in [0.1, 0.15) is 11.9 Å². The Labute approximate surface area is 155 Å². The Morgan fingerprint density at radius 2 is 1.88 bits per heavy atom. The lowest BCUT2D eigenvalue weighted by Crippen LogP contribution is -2.58. The van der Waals surface area contributed by atoms with Gasteiger partial charge >= 0.3 is 12.1 Å². The lowest BCUT2D eigenvalue weighted by atomic mass is 9.76. The van der Waals surface area contributed by atoms with E-state index >= 15 is 0 Å². The number of imide groups is 1. The number of likely N-dealkylation sites (N-methyl/N-ethyl adjacent to an activating group) is 1. The minimum absolute atomic E-state index is 0.229. The van der Waals surface area contributed by atoms with Gasteiger partial charge in [-0.1, -0.05) is 45.6 Å². The number of allylic oxidation sites excluding steroid dienone is 1. The molecule has 4 amide bonds. The molecule has 1 atom stereocenters. The molecular weight excluding hydrogens is 330 g/mol. The molecule has 2 heterocycles. The van der Waals surface area contributed by atoms with Crippen LogP contribution >= 0.6 is 0 Å². The summed E-state index contributed by atoms with van der Waals surface area (Å²) in [5.41, 5.74) is 6.48. The lowest BCUT2D eigenvalue weighted by Gasteiger charge is -2.45. The van der Waals surface area contributed by atoms with E-state index in [9.17, 15) is 9.59 Å². The number of hydrogen-bond acceptors (Lipinski definition) is 4. The molecule has 26 heavy (non-hydrogen) atoms. The van der Waals surface area contributed by atoms with Crippen molar-refractivity contribution in [2.24, 2.45) is 22.6 Å². The predicted molar refractivity (Wildman–Crippen MR) is 102 cm³/mol. The summed E-state index contributed by atoms with van der Waals surface area (Å²) >= 11 is 0. The molecule has 144 valence electrons. The lowest BCUT2D eigenvalue weighted by molar-refractivity contribution is 0.0614. The zero-order valence-electron chi connectivity index (χ0n) is 16.0. The van der Waals surface area contributed by atoms with E-state index in [0.29, 0.717) is 23.9 Å². The molecule has 0 bridgehead atoms. The Balaban J connectivity index is 1.71. The summed E-state index contributed by atoms with van der Waals surface area (Å²) in [6.07, 6.45) is 7.15. The van der Waals surface area contributed by atoms with Crippen molar-refractivity contribution >= 4 is 17.9 Å². The Bertz CT molecular complexity index is 605. The molecule has 3 fully saturated rings. The summed E-state index contributed by atoms with van der Waals surface area (Å²) in [7, 11) is 1.66. The molecule has 2 aliphatic heterocycles. The maximum Gasteiger partial charge on any atom is 0.334 e. The standard InChI is InChI=1S/C19H31N5O2/c1-4-13(2)21-17-16(10-20)22(3)18(25)24(17)19(26)23-11-15(12-23)14-8-6-5-7-9-14/h14-16H,2,4-12,20H2,1,3H3/b21-17+. The second-order valence-corrected chi connectivity index (χ2v) is 7.72. The number of amides is 4. The van der Waals surface area contributed by atoms with Gasteiger partial charge in [0.2, 0.25) is 0 Å². The largest absolute Gasteiger partial charge is 0.334 e. The first-order chi connectivity index (χ1) is 12.5. The van der Waals surface area contributed by atoms with Gasteiger partial charge in [0.15, 0.2) is 0 Å². The fourth-order valence-electron chi connectivity index (χ4n) is 4.23. The third kappa shape index (κ3) is 3.37. The van der Waals surface area contributed by atoms with Gasteiger partial charge in [-0.2, -0.15) is 4.90 Å². The molecule has 0 aromatic rings. The second-order valence-electron chi connectivity index (χ2n) is 7.72. The van der Waals surface area contributed by atoms with Gasteiger partial charge in [-0.25, -0.2) is 14.6 Å².